The minimum absolute atomic E-state index is 0.0441. The van der Waals surface area contributed by atoms with Gasteiger partial charge in [0.25, 0.3) is 0 Å². The molecule has 1 N–H and O–H groups in total. The van der Waals surface area contributed by atoms with Crippen LogP contribution in [0.15, 0.2) is 36.4 Å². The molecule has 4 nitrogen and oxygen atoms in total. The van der Waals surface area contributed by atoms with Gasteiger partial charge in [0.15, 0.2) is 5.69 Å². The van der Waals surface area contributed by atoms with E-state index >= 15 is 0 Å². The number of anilines is 2. The molecule has 0 saturated carbocycles. The second-order valence-electron chi connectivity index (χ2n) is 4.67. The van der Waals surface area contributed by atoms with Gasteiger partial charge in [0.05, 0.1) is 0 Å². The molecule has 1 heterocycles. The molecule has 1 aromatic carbocycles. The van der Waals surface area contributed by atoms with Crippen LogP contribution in [0.25, 0.3) is 0 Å². The topological polar surface area (TPSA) is 41.1 Å². The molecule has 0 unspecified atom stereocenters. The van der Waals surface area contributed by atoms with E-state index in [1.54, 1.807) is 14.1 Å². The molecule has 0 aliphatic carbocycles. The minimum atomic E-state index is -4.50. The number of nitrogens with zero attached hydrogens (tertiary/aromatic N) is 3. The van der Waals surface area contributed by atoms with Crippen LogP contribution in [-0.4, -0.2) is 24.1 Å². The molecular weight excluding hydrogens is 281 g/mol. The third-order valence-electron chi connectivity index (χ3n) is 2.75. The molecule has 0 spiro atoms. The largest absolute Gasteiger partial charge is 0.433 e. The maximum Gasteiger partial charge on any atom is 0.433 e. The van der Waals surface area contributed by atoms with Crippen LogP contribution in [0.5, 0.6) is 0 Å². The molecule has 0 bridgehead atoms. The molecule has 0 aliphatic heterocycles. The van der Waals surface area contributed by atoms with E-state index in [4.69, 9.17) is 0 Å². The van der Waals surface area contributed by atoms with Gasteiger partial charge < -0.3 is 10.2 Å². The Labute approximate surface area is 120 Å². The normalized spacial score (nSPS) is 11.3. The summed E-state index contributed by atoms with van der Waals surface area (Å²) < 4.78 is 38.5. The van der Waals surface area contributed by atoms with E-state index in [0.717, 1.165) is 11.6 Å². The fourth-order valence-corrected chi connectivity index (χ4v) is 1.66. The molecule has 0 radical (unpaired) electrons. The van der Waals surface area contributed by atoms with Crippen molar-refractivity contribution in [3.05, 3.63) is 47.7 Å². The molecule has 21 heavy (non-hydrogen) atoms. The summed E-state index contributed by atoms with van der Waals surface area (Å²) in [4.78, 5) is 9.10. The lowest BCUT2D eigenvalue weighted by molar-refractivity contribution is -0.141. The lowest BCUT2D eigenvalue weighted by atomic mass is 10.2. The van der Waals surface area contributed by atoms with Gasteiger partial charge in [-0.25, -0.2) is 4.98 Å². The SMILES string of the molecule is CN(C)c1cc(C(F)(F)F)nc(NCc2ccccc2)n1. The molecule has 0 atom stereocenters. The molecule has 112 valence electrons. The third kappa shape index (κ3) is 4.08. The average Bonchev–Trinajstić information content (AvgIpc) is 2.45. The van der Waals surface area contributed by atoms with Crippen LogP contribution in [-0.2, 0) is 12.7 Å². The Bertz CT molecular complexity index is 597. The first kappa shape index (κ1) is 15.1. The van der Waals surface area contributed by atoms with Crippen LogP contribution in [0.3, 0.4) is 0 Å². The highest BCUT2D eigenvalue weighted by molar-refractivity contribution is 5.44. The van der Waals surface area contributed by atoms with Crippen molar-refractivity contribution in [3.8, 4) is 0 Å². The van der Waals surface area contributed by atoms with Crippen LogP contribution in [0.2, 0.25) is 0 Å². The maximum atomic E-state index is 12.8. The first-order valence-corrected chi connectivity index (χ1v) is 6.27. The first-order valence-electron chi connectivity index (χ1n) is 6.27. The van der Waals surface area contributed by atoms with Crippen LogP contribution < -0.4 is 10.2 Å². The van der Waals surface area contributed by atoms with Crippen LogP contribution in [0, 0.1) is 0 Å². The highest BCUT2D eigenvalue weighted by atomic mass is 19.4. The molecule has 0 fully saturated rings. The average molecular weight is 296 g/mol. The van der Waals surface area contributed by atoms with E-state index in [0.29, 0.717) is 6.54 Å². The van der Waals surface area contributed by atoms with E-state index in [-0.39, 0.29) is 11.8 Å². The Morgan fingerprint density at radius 3 is 2.33 bits per heavy atom. The van der Waals surface area contributed by atoms with Gasteiger partial charge >= 0.3 is 6.18 Å². The Hall–Kier alpha value is -2.31. The Morgan fingerprint density at radius 2 is 1.76 bits per heavy atom. The molecular formula is C14H15F3N4. The van der Waals surface area contributed by atoms with E-state index < -0.39 is 11.9 Å². The lowest BCUT2D eigenvalue weighted by Gasteiger charge is -2.16. The van der Waals surface area contributed by atoms with Crippen molar-refractivity contribution < 1.29 is 13.2 Å². The zero-order valence-corrected chi connectivity index (χ0v) is 11.6. The molecule has 7 heteroatoms. The number of hydrogen-bond acceptors (Lipinski definition) is 4. The summed E-state index contributed by atoms with van der Waals surface area (Å²) in [6, 6.07) is 10.2. The van der Waals surface area contributed by atoms with E-state index in [1.807, 2.05) is 30.3 Å². The Kier molecular flexibility index (Phi) is 4.30. The van der Waals surface area contributed by atoms with Crippen molar-refractivity contribution in [1.29, 1.82) is 0 Å². The second kappa shape index (κ2) is 5.99. The summed E-state index contributed by atoms with van der Waals surface area (Å²) in [7, 11) is 3.26. The van der Waals surface area contributed by atoms with Gasteiger partial charge in [0.1, 0.15) is 5.82 Å². The second-order valence-corrected chi connectivity index (χ2v) is 4.67. The number of halogens is 3. The van der Waals surface area contributed by atoms with Crippen molar-refractivity contribution >= 4 is 11.8 Å². The summed E-state index contributed by atoms with van der Waals surface area (Å²) >= 11 is 0. The summed E-state index contributed by atoms with van der Waals surface area (Å²) in [5, 5.41) is 2.82. The van der Waals surface area contributed by atoms with Crippen molar-refractivity contribution in [2.24, 2.45) is 0 Å². The molecule has 2 aromatic rings. The number of aromatic nitrogens is 2. The third-order valence-corrected chi connectivity index (χ3v) is 2.75. The highest BCUT2D eigenvalue weighted by Gasteiger charge is 2.33. The molecule has 2 rings (SSSR count). The number of benzene rings is 1. The first-order chi connectivity index (χ1) is 9.86. The zero-order valence-electron chi connectivity index (χ0n) is 11.6. The van der Waals surface area contributed by atoms with Gasteiger partial charge in [0.2, 0.25) is 5.95 Å². The fourth-order valence-electron chi connectivity index (χ4n) is 1.66. The van der Waals surface area contributed by atoms with E-state index in [2.05, 4.69) is 15.3 Å². The smallest absolute Gasteiger partial charge is 0.363 e. The summed E-state index contributed by atoms with van der Waals surface area (Å²) in [5.74, 6) is 0.158. The standard InChI is InChI=1S/C14H15F3N4/c1-21(2)12-8-11(14(15,16)17)19-13(20-12)18-9-10-6-4-3-5-7-10/h3-8H,9H2,1-2H3,(H,18,19,20). The molecule has 0 amide bonds. The van der Waals surface area contributed by atoms with Crippen LogP contribution >= 0.6 is 0 Å². The quantitative estimate of drug-likeness (QED) is 0.941. The molecule has 1 aromatic heterocycles. The highest BCUT2D eigenvalue weighted by Crippen LogP contribution is 2.30. The van der Waals surface area contributed by atoms with Crippen molar-refractivity contribution in [3.63, 3.8) is 0 Å². The summed E-state index contributed by atoms with van der Waals surface area (Å²) in [5.41, 5.74) is -0.0262. The maximum absolute atomic E-state index is 12.8. The van der Waals surface area contributed by atoms with E-state index in [9.17, 15) is 13.2 Å². The van der Waals surface area contributed by atoms with Crippen LogP contribution in [0.1, 0.15) is 11.3 Å². The van der Waals surface area contributed by atoms with Crippen LogP contribution in [0.4, 0.5) is 24.9 Å². The Balaban J connectivity index is 2.24. The fraction of sp³-hybridized carbons (Fsp3) is 0.286. The van der Waals surface area contributed by atoms with Gasteiger partial charge in [-0.15, -0.1) is 0 Å². The molecule has 0 saturated heterocycles. The lowest BCUT2D eigenvalue weighted by Crippen LogP contribution is -2.17. The van der Waals surface area contributed by atoms with Gasteiger partial charge in [-0.1, -0.05) is 30.3 Å². The summed E-state index contributed by atoms with van der Waals surface area (Å²) in [6.07, 6.45) is -4.50. The van der Waals surface area contributed by atoms with E-state index in [1.165, 1.54) is 4.90 Å². The van der Waals surface area contributed by atoms with Gasteiger partial charge in [-0.05, 0) is 5.56 Å². The van der Waals surface area contributed by atoms with Gasteiger partial charge in [0, 0.05) is 26.7 Å². The van der Waals surface area contributed by atoms with Gasteiger partial charge in [-0.3, -0.25) is 0 Å². The predicted molar refractivity (Wildman–Crippen MR) is 75.1 cm³/mol. The number of hydrogen-bond donors (Lipinski definition) is 1. The molecule has 0 aliphatic rings. The number of alkyl halides is 3. The van der Waals surface area contributed by atoms with Crippen molar-refractivity contribution in [2.75, 3.05) is 24.3 Å². The zero-order chi connectivity index (χ0) is 15.5. The monoisotopic (exact) mass is 296 g/mol. The Morgan fingerprint density at radius 1 is 1.10 bits per heavy atom. The van der Waals surface area contributed by atoms with Crippen molar-refractivity contribution in [1.82, 2.24) is 9.97 Å². The number of nitrogens with one attached hydrogen (secondary N) is 1. The number of rotatable bonds is 4. The minimum Gasteiger partial charge on any atom is -0.363 e. The predicted octanol–water partition coefficient (Wildman–Crippen LogP) is 3.17. The van der Waals surface area contributed by atoms with Crippen molar-refractivity contribution in [2.45, 2.75) is 12.7 Å². The van der Waals surface area contributed by atoms with Gasteiger partial charge in [-0.2, -0.15) is 18.2 Å². The summed E-state index contributed by atoms with van der Waals surface area (Å²) in [6.45, 7) is 0.356.